The molecule has 0 atom stereocenters. The number of para-hydroxylation sites is 2. The molecule has 2 N–H and O–H groups in total. The second-order valence-electron chi connectivity index (χ2n) is 4.59. The summed E-state index contributed by atoms with van der Waals surface area (Å²) in [5, 5.41) is 27.8. The van der Waals surface area contributed by atoms with E-state index in [4.69, 9.17) is 0 Å². The molecular formula is C16H14N4O4. The highest BCUT2D eigenvalue weighted by molar-refractivity contribution is 5.48. The van der Waals surface area contributed by atoms with Crippen LogP contribution in [0.15, 0.2) is 84.5 Å². The molecule has 0 aliphatic heterocycles. The van der Waals surface area contributed by atoms with Gasteiger partial charge >= 0.3 is 11.4 Å². The van der Waals surface area contributed by atoms with Crippen LogP contribution in [-0.2, 0) is 0 Å². The molecule has 2 aromatic carbocycles. The summed E-state index contributed by atoms with van der Waals surface area (Å²) in [5.41, 5.74) is -0.161. The van der Waals surface area contributed by atoms with Crippen molar-refractivity contribution in [2.75, 3.05) is 10.6 Å². The number of hydrogen-bond acceptors (Lipinski definition) is 6. The minimum absolute atomic E-state index is 0.579. The number of nitro groups is 2. The fraction of sp³-hybridized carbons (Fsp3) is 0. The normalized spacial score (nSPS) is 11.7. The summed E-state index contributed by atoms with van der Waals surface area (Å²) in [4.78, 5) is 20.8. The molecule has 0 fully saturated rings. The van der Waals surface area contributed by atoms with E-state index in [1.165, 1.54) is 0 Å². The molecule has 8 heteroatoms. The van der Waals surface area contributed by atoms with E-state index in [0.29, 0.717) is 11.4 Å². The van der Waals surface area contributed by atoms with E-state index in [9.17, 15) is 20.2 Å². The van der Waals surface area contributed by atoms with Crippen LogP contribution in [0.1, 0.15) is 0 Å². The van der Waals surface area contributed by atoms with Gasteiger partial charge in [-0.05, 0) is 24.3 Å². The molecule has 0 radical (unpaired) electrons. The number of nitrogens with zero attached hydrogens (tertiary/aromatic N) is 2. The Hall–Kier alpha value is -3.68. The lowest BCUT2D eigenvalue weighted by molar-refractivity contribution is -0.479. The quantitative estimate of drug-likeness (QED) is 0.458. The summed E-state index contributed by atoms with van der Waals surface area (Å²) in [6.07, 6.45) is 1.99. The van der Waals surface area contributed by atoms with Crippen LogP contribution in [-0.4, -0.2) is 9.85 Å². The third-order valence-electron chi connectivity index (χ3n) is 2.95. The number of nitrogens with one attached hydrogen (secondary N) is 2. The van der Waals surface area contributed by atoms with Gasteiger partial charge in [-0.1, -0.05) is 36.4 Å². The highest BCUT2D eigenvalue weighted by Crippen LogP contribution is 2.15. The van der Waals surface area contributed by atoms with Gasteiger partial charge < -0.3 is 10.6 Å². The van der Waals surface area contributed by atoms with E-state index < -0.39 is 21.2 Å². The average Bonchev–Trinajstić information content (AvgIpc) is 2.59. The Bertz CT molecular complexity index is 706. The smallest absolute Gasteiger partial charge is 0.356 e. The zero-order valence-corrected chi connectivity index (χ0v) is 12.5. The van der Waals surface area contributed by atoms with Crippen LogP contribution < -0.4 is 10.6 Å². The Balaban J connectivity index is 2.27. The van der Waals surface area contributed by atoms with Crippen molar-refractivity contribution in [1.29, 1.82) is 0 Å². The van der Waals surface area contributed by atoms with Crippen molar-refractivity contribution in [3.63, 3.8) is 0 Å². The third kappa shape index (κ3) is 4.67. The highest BCUT2D eigenvalue weighted by Gasteiger charge is 2.29. The minimum atomic E-state index is -0.808. The van der Waals surface area contributed by atoms with Gasteiger partial charge in [0.2, 0.25) is 0 Å². The second-order valence-corrected chi connectivity index (χ2v) is 4.59. The molecule has 8 nitrogen and oxygen atoms in total. The standard InChI is InChI=1S/C16H14N4O4/c21-19(22)15(11-17-13-7-3-1-4-8-13)16(20(23)24)12-18-14-9-5-2-6-10-14/h1-12,17-18H/b15-11-,16-12+. The van der Waals surface area contributed by atoms with Crippen LogP contribution in [0.4, 0.5) is 11.4 Å². The predicted octanol–water partition coefficient (Wildman–Crippen LogP) is 3.45. The van der Waals surface area contributed by atoms with Crippen molar-refractivity contribution >= 4 is 11.4 Å². The lowest BCUT2D eigenvalue weighted by atomic mass is 10.3. The van der Waals surface area contributed by atoms with Gasteiger partial charge in [-0.3, -0.25) is 20.2 Å². The maximum atomic E-state index is 11.2. The summed E-state index contributed by atoms with van der Waals surface area (Å²) in [5.74, 6) is 0. The first-order chi connectivity index (χ1) is 11.6. The summed E-state index contributed by atoms with van der Waals surface area (Å²) in [6.45, 7) is 0. The number of rotatable bonds is 7. The van der Waals surface area contributed by atoms with E-state index in [2.05, 4.69) is 10.6 Å². The van der Waals surface area contributed by atoms with E-state index in [-0.39, 0.29) is 0 Å². The molecule has 0 bridgehead atoms. The zero-order valence-electron chi connectivity index (χ0n) is 12.5. The zero-order chi connectivity index (χ0) is 17.4. The third-order valence-corrected chi connectivity index (χ3v) is 2.95. The van der Waals surface area contributed by atoms with Gasteiger partial charge in [-0.15, -0.1) is 0 Å². The monoisotopic (exact) mass is 326 g/mol. The fourth-order valence-corrected chi connectivity index (χ4v) is 1.81. The number of hydrogen-bond donors (Lipinski definition) is 2. The maximum Gasteiger partial charge on any atom is 0.363 e. The Morgan fingerprint density at radius 3 is 1.33 bits per heavy atom. The highest BCUT2D eigenvalue weighted by atomic mass is 16.6. The van der Waals surface area contributed by atoms with Crippen molar-refractivity contribution in [1.82, 2.24) is 0 Å². The molecule has 0 saturated heterocycles. The molecule has 0 saturated carbocycles. The van der Waals surface area contributed by atoms with Gasteiger partial charge in [0, 0.05) is 11.4 Å². The Morgan fingerprint density at radius 2 is 1.04 bits per heavy atom. The fourth-order valence-electron chi connectivity index (χ4n) is 1.81. The Morgan fingerprint density at radius 1 is 0.708 bits per heavy atom. The van der Waals surface area contributed by atoms with Crippen molar-refractivity contribution in [2.45, 2.75) is 0 Å². The molecule has 0 aromatic heterocycles. The van der Waals surface area contributed by atoms with Gasteiger partial charge in [0.25, 0.3) is 0 Å². The largest absolute Gasteiger partial charge is 0.363 e. The van der Waals surface area contributed by atoms with E-state index in [0.717, 1.165) is 12.4 Å². The second kappa shape index (κ2) is 8.08. The molecule has 2 aromatic rings. The van der Waals surface area contributed by atoms with Gasteiger partial charge in [0.05, 0.1) is 22.2 Å². The molecule has 0 unspecified atom stereocenters. The molecule has 2 rings (SSSR count). The summed E-state index contributed by atoms with van der Waals surface area (Å²) in [7, 11) is 0. The predicted molar refractivity (Wildman–Crippen MR) is 90.3 cm³/mol. The molecule has 0 heterocycles. The maximum absolute atomic E-state index is 11.2. The topological polar surface area (TPSA) is 110 Å². The molecule has 122 valence electrons. The van der Waals surface area contributed by atoms with Gasteiger partial charge in [-0.2, -0.15) is 0 Å². The lowest BCUT2D eigenvalue weighted by Gasteiger charge is -2.02. The van der Waals surface area contributed by atoms with Gasteiger partial charge in [-0.25, -0.2) is 0 Å². The van der Waals surface area contributed by atoms with Crippen molar-refractivity contribution in [3.8, 4) is 0 Å². The van der Waals surface area contributed by atoms with Crippen LogP contribution >= 0.6 is 0 Å². The first kappa shape index (κ1) is 16.7. The van der Waals surface area contributed by atoms with Crippen LogP contribution in [0.2, 0.25) is 0 Å². The summed E-state index contributed by atoms with van der Waals surface area (Å²) >= 11 is 0. The first-order valence-corrected chi connectivity index (χ1v) is 6.90. The molecular weight excluding hydrogens is 312 g/mol. The molecule has 0 aliphatic carbocycles. The van der Waals surface area contributed by atoms with Crippen LogP contribution in [0.5, 0.6) is 0 Å². The molecule has 0 amide bonds. The van der Waals surface area contributed by atoms with Crippen molar-refractivity contribution in [2.24, 2.45) is 0 Å². The average molecular weight is 326 g/mol. The molecule has 0 spiro atoms. The Labute approximate surface area is 137 Å². The minimum Gasteiger partial charge on any atom is -0.356 e. The van der Waals surface area contributed by atoms with Crippen LogP contribution in [0, 0.1) is 20.2 Å². The van der Waals surface area contributed by atoms with E-state index >= 15 is 0 Å². The van der Waals surface area contributed by atoms with Gasteiger partial charge in [0.15, 0.2) is 0 Å². The Kier molecular flexibility index (Phi) is 5.62. The number of anilines is 2. The molecule has 24 heavy (non-hydrogen) atoms. The number of benzene rings is 2. The van der Waals surface area contributed by atoms with Crippen molar-refractivity contribution < 1.29 is 9.85 Å². The SMILES string of the molecule is O=[N+]([O-])C(=C\Nc1ccccc1)/C(=C\Nc1ccccc1)[N+](=O)[O-]. The molecule has 0 aliphatic rings. The first-order valence-electron chi connectivity index (χ1n) is 6.90. The summed E-state index contributed by atoms with van der Waals surface area (Å²) < 4.78 is 0. The van der Waals surface area contributed by atoms with Crippen LogP contribution in [0.3, 0.4) is 0 Å². The lowest BCUT2D eigenvalue weighted by Crippen LogP contribution is -2.13. The summed E-state index contributed by atoms with van der Waals surface area (Å²) in [6, 6.07) is 17.3. The van der Waals surface area contributed by atoms with E-state index in [1.807, 2.05) is 0 Å². The van der Waals surface area contributed by atoms with Crippen molar-refractivity contribution in [3.05, 3.63) is 105 Å². The van der Waals surface area contributed by atoms with Gasteiger partial charge in [0.1, 0.15) is 0 Å². The van der Waals surface area contributed by atoms with Crippen LogP contribution in [0.25, 0.3) is 0 Å². The van der Waals surface area contributed by atoms with E-state index in [1.54, 1.807) is 60.7 Å².